The first kappa shape index (κ1) is 15.3. The van der Waals surface area contributed by atoms with Crippen molar-refractivity contribution in [2.45, 2.75) is 50.9 Å². The van der Waals surface area contributed by atoms with E-state index < -0.39 is 4.33 Å². The summed E-state index contributed by atoms with van der Waals surface area (Å²) in [6.45, 7) is 6.15. The average molecular weight is 314 g/mol. The van der Waals surface area contributed by atoms with Gasteiger partial charge in [0.15, 0.2) is 0 Å². The normalized spacial score (nSPS) is 23.4. The maximum Gasteiger partial charge on any atom is 0.284 e. The van der Waals surface area contributed by atoms with E-state index in [1.165, 1.54) is 4.68 Å². The third-order valence-corrected chi connectivity index (χ3v) is 5.19. The van der Waals surface area contributed by atoms with Crippen molar-refractivity contribution in [3.05, 3.63) is 27.2 Å². The molecular formula is C14H17Cl2N3O. The summed E-state index contributed by atoms with van der Waals surface area (Å²) in [6.07, 6.45) is 1.93. The maximum atomic E-state index is 12.4. The fourth-order valence-electron chi connectivity index (χ4n) is 2.49. The number of hydrogen-bond donors (Lipinski definition) is 0. The predicted octanol–water partition coefficient (Wildman–Crippen LogP) is 2.82. The van der Waals surface area contributed by atoms with Gasteiger partial charge in [0.2, 0.25) is 0 Å². The van der Waals surface area contributed by atoms with Crippen LogP contribution in [0.3, 0.4) is 0 Å². The molecule has 6 heteroatoms. The molecule has 0 aliphatic heterocycles. The highest BCUT2D eigenvalue weighted by atomic mass is 35.5. The van der Waals surface area contributed by atoms with E-state index in [1.807, 2.05) is 26.8 Å². The van der Waals surface area contributed by atoms with Crippen molar-refractivity contribution in [1.82, 2.24) is 9.78 Å². The summed E-state index contributed by atoms with van der Waals surface area (Å²) in [5.74, 6) is 0. The number of nitriles is 1. The van der Waals surface area contributed by atoms with E-state index in [0.29, 0.717) is 25.8 Å². The molecule has 108 valence electrons. The molecular weight excluding hydrogens is 297 g/mol. The van der Waals surface area contributed by atoms with Crippen LogP contribution in [0.25, 0.3) is 0 Å². The van der Waals surface area contributed by atoms with Crippen LogP contribution < -0.4 is 5.56 Å². The minimum absolute atomic E-state index is 0.193. The van der Waals surface area contributed by atoms with Crippen molar-refractivity contribution in [1.29, 1.82) is 5.26 Å². The summed E-state index contributed by atoms with van der Waals surface area (Å²) in [7, 11) is 0. The van der Waals surface area contributed by atoms with Gasteiger partial charge in [0, 0.05) is 5.41 Å². The Kier molecular flexibility index (Phi) is 3.88. The molecule has 1 saturated carbocycles. The van der Waals surface area contributed by atoms with E-state index in [2.05, 4.69) is 5.10 Å². The Labute approximate surface area is 128 Å². The first-order valence-electron chi connectivity index (χ1n) is 6.70. The van der Waals surface area contributed by atoms with Crippen molar-refractivity contribution in [3.63, 3.8) is 0 Å². The van der Waals surface area contributed by atoms with Gasteiger partial charge in [-0.2, -0.15) is 10.4 Å². The Hall–Kier alpha value is -1.05. The second kappa shape index (κ2) is 5.05. The number of aromatic nitrogens is 2. The third kappa shape index (κ3) is 2.34. The van der Waals surface area contributed by atoms with Gasteiger partial charge < -0.3 is 0 Å². The largest absolute Gasteiger partial charge is 0.284 e. The molecule has 2 rings (SSSR count). The quantitative estimate of drug-likeness (QED) is 0.803. The van der Waals surface area contributed by atoms with E-state index in [4.69, 9.17) is 23.2 Å². The number of alkyl halides is 2. The highest BCUT2D eigenvalue weighted by molar-refractivity contribution is 6.51. The van der Waals surface area contributed by atoms with E-state index in [9.17, 15) is 10.1 Å². The molecule has 1 aliphatic carbocycles. The lowest BCUT2D eigenvalue weighted by Gasteiger charge is -2.16. The van der Waals surface area contributed by atoms with Gasteiger partial charge in [-0.05, 0) is 24.8 Å². The summed E-state index contributed by atoms with van der Waals surface area (Å²) in [4.78, 5) is 12.4. The Morgan fingerprint density at radius 2 is 2.00 bits per heavy atom. The number of nitrogens with zero attached hydrogens (tertiary/aromatic N) is 3. The summed E-state index contributed by atoms with van der Waals surface area (Å²) >= 11 is 12.2. The number of halogens is 2. The first-order chi connectivity index (χ1) is 9.29. The minimum atomic E-state index is -0.809. The van der Waals surface area contributed by atoms with Crippen molar-refractivity contribution in [2.24, 2.45) is 5.41 Å². The molecule has 20 heavy (non-hydrogen) atoms. The van der Waals surface area contributed by atoms with Gasteiger partial charge in [-0.15, -0.1) is 23.2 Å². The van der Waals surface area contributed by atoms with Crippen LogP contribution in [0.4, 0.5) is 0 Å². The lowest BCUT2D eigenvalue weighted by Crippen LogP contribution is -2.32. The Morgan fingerprint density at radius 1 is 1.40 bits per heavy atom. The third-order valence-electron chi connectivity index (χ3n) is 4.01. The average Bonchev–Trinajstić information content (AvgIpc) is 2.89. The van der Waals surface area contributed by atoms with Gasteiger partial charge in [-0.25, -0.2) is 4.68 Å². The van der Waals surface area contributed by atoms with Crippen LogP contribution in [0.1, 0.15) is 44.0 Å². The van der Waals surface area contributed by atoms with Crippen molar-refractivity contribution in [3.8, 4) is 6.07 Å². The highest BCUT2D eigenvalue weighted by Gasteiger charge is 2.63. The van der Waals surface area contributed by atoms with Gasteiger partial charge in [0.05, 0.1) is 12.2 Å². The monoisotopic (exact) mass is 313 g/mol. The molecule has 1 atom stereocenters. The second-order valence-corrected chi connectivity index (χ2v) is 7.01. The molecule has 0 saturated heterocycles. The standard InChI is InChI=1S/C14H17Cl2N3O/c1-4-9-10(6-17)12(20)19(18-11(9)5-2)8-13(3)7-14(13,15)16/h4-5,7-8H2,1-3H3. The molecule has 1 fully saturated rings. The van der Waals surface area contributed by atoms with Gasteiger partial charge in [0.1, 0.15) is 16.0 Å². The predicted molar refractivity (Wildman–Crippen MR) is 79.1 cm³/mol. The van der Waals surface area contributed by atoms with Crippen LogP contribution in [-0.2, 0) is 19.4 Å². The highest BCUT2D eigenvalue weighted by Crippen LogP contribution is 2.64. The van der Waals surface area contributed by atoms with E-state index >= 15 is 0 Å². The van der Waals surface area contributed by atoms with Crippen LogP contribution in [0, 0.1) is 16.7 Å². The smallest absolute Gasteiger partial charge is 0.266 e. The van der Waals surface area contributed by atoms with Crippen LogP contribution in [0.5, 0.6) is 0 Å². The lowest BCUT2D eigenvalue weighted by molar-refractivity contribution is 0.407. The Balaban J connectivity index is 2.51. The second-order valence-electron chi connectivity index (χ2n) is 5.52. The summed E-state index contributed by atoms with van der Waals surface area (Å²) in [5.41, 5.74) is 1.03. The Bertz CT molecular complexity index is 645. The van der Waals surface area contributed by atoms with Gasteiger partial charge in [-0.3, -0.25) is 4.79 Å². The molecule has 0 aromatic carbocycles. The molecule has 4 nitrogen and oxygen atoms in total. The van der Waals surface area contributed by atoms with Crippen LogP contribution in [0.15, 0.2) is 4.79 Å². The van der Waals surface area contributed by atoms with Crippen molar-refractivity contribution in [2.75, 3.05) is 0 Å². The van der Waals surface area contributed by atoms with E-state index in [0.717, 1.165) is 11.3 Å². The van der Waals surface area contributed by atoms with Crippen LogP contribution >= 0.6 is 23.2 Å². The zero-order valence-electron chi connectivity index (χ0n) is 11.8. The van der Waals surface area contributed by atoms with Crippen LogP contribution in [-0.4, -0.2) is 14.1 Å². The molecule has 1 aromatic rings. The molecule has 1 heterocycles. The molecule has 1 aromatic heterocycles. The number of hydrogen-bond acceptors (Lipinski definition) is 3. The fourth-order valence-corrected chi connectivity index (χ4v) is 3.20. The summed E-state index contributed by atoms with van der Waals surface area (Å²) < 4.78 is 0.541. The molecule has 0 amide bonds. The molecule has 1 unspecified atom stereocenters. The van der Waals surface area contributed by atoms with Gasteiger partial charge in [0.25, 0.3) is 5.56 Å². The Morgan fingerprint density at radius 3 is 2.40 bits per heavy atom. The van der Waals surface area contributed by atoms with Crippen molar-refractivity contribution >= 4 is 23.2 Å². The molecule has 0 bridgehead atoms. The molecule has 0 N–H and O–H groups in total. The topological polar surface area (TPSA) is 58.7 Å². The summed E-state index contributed by atoms with van der Waals surface area (Å²) in [6, 6.07) is 2.02. The molecule has 0 spiro atoms. The summed E-state index contributed by atoms with van der Waals surface area (Å²) in [5, 5.41) is 13.6. The molecule has 0 radical (unpaired) electrons. The van der Waals surface area contributed by atoms with Crippen LogP contribution in [0.2, 0.25) is 0 Å². The lowest BCUT2D eigenvalue weighted by atomic mass is 10.0. The zero-order chi connectivity index (χ0) is 15.1. The fraction of sp³-hybridized carbons (Fsp3) is 0.643. The minimum Gasteiger partial charge on any atom is -0.266 e. The van der Waals surface area contributed by atoms with E-state index in [1.54, 1.807) is 0 Å². The maximum absolute atomic E-state index is 12.4. The number of aryl methyl sites for hydroxylation is 1. The van der Waals surface area contributed by atoms with Gasteiger partial charge in [-0.1, -0.05) is 20.8 Å². The number of rotatable bonds is 4. The van der Waals surface area contributed by atoms with Gasteiger partial charge >= 0.3 is 0 Å². The SMILES string of the molecule is CCc1nn(CC2(C)CC2(Cl)Cl)c(=O)c(C#N)c1CC. The molecule has 1 aliphatic rings. The van der Waals surface area contributed by atoms with E-state index in [-0.39, 0.29) is 16.5 Å². The zero-order valence-corrected chi connectivity index (χ0v) is 13.3. The first-order valence-corrected chi connectivity index (χ1v) is 7.46. The van der Waals surface area contributed by atoms with Crippen molar-refractivity contribution < 1.29 is 0 Å².